The predicted molar refractivity (Wildman–Crippen MR) is 35.8 cm³/mol. The molecule has 0 aliphatic carbocycles. The molecule has 0 aromatic rings. The van der Waals surface area contributed by atoms with E-state index >= 15 is 0 Å². The summed E-state index contributed by atoms with van der Waals surface area (Å²) in [7, 11) is 7.23. The van der Waals surface area contributed by atoms with Crippen LogP contribution in [0.25, 0.3) is 0 Å². The van der Waals surface area contributed by atoms with Gasteiger partial charge in [0, 0.05) is 6.92 Å². The molecule has 0 amide bonds. The number of hydrogen-bond acceptors (Lipinski definition) is 2. The maximum absolute atomic E-state index is 9.00. The molecule has 0 fully saturated rings. The van der Waals surface area contributed by atoms with Gasteiger partial charge in [-0.1, -0.05) is 0 Å². The number of rotatable bonds is 3. The molecule has 0 rings (SSSR count). The van der Waals surface area contributed by atoms with Crippen LogP contribution in [0.3, 0.4) is 0 Å². The fourth-order valence-corrected chi connectivity index (χ4v) is 2.70. The zero-order chi connectivity index (χ0) is 8.41. The Hall–Kier alpha value is 0.655. The normalized spacial score (nSPS) is 7.10. The summed E-state index contributed by atoms with van der Waals surface area (Å²) in [5.74, 6) is -0.833. The van der Waals surface area contributed by atoms with Crippen LogP contribution in [0.2, 0.25) is 3.93 Å². The van der Waals surface area contributed by atoms with E-state index in [0.717, 1.165) is 13.5 Å². The molecular weight excluding hydrogens is 344 g/mol. The number of carbonyl (C=O) groups is 1. The van der Waals surface area contributed by atoms with Gasteiger partial charge in [-0.15, -0.1) is 0 Å². The second-order valence-corrected chi connectivity index (χ2v) is 9.09. The monoisotopic (exact) mass is 356 g/mol. The van der Waals surface area contributed by atoms with Crippen molar-refractivity contribution in [2.24, 2.45) is 0 Å². The van der Waals surface area contributed by atoms with Gasteiger partial charge in [-0.05, 0) is 0 Å². The molecule has 58 valence electrons. The Morgan fingerprint density at radius 2 is 2.20 bits per heavy atom. The average Bonchev–Trinajstić information content (AvgIpc) is 1.82. The van der Waals surface area contributed by atoms with Gasteiger partial charge in [-0.2, -0.15) is 0 Å². The molecule has 0 aromatic heterocycles. The van der Waals surface area contributed by atoms with Crippen molar-refractivity contribution >= 4 is 14.2 Å². The molecule has 5 heteroatoms. The van der Waals surface area contributed by atoms with Gasteiger partial charge < -0.3 is 5.11 Å². The van der Waals surface area contributed by atoms with E-state index in [-0.39, 0.29) is 0 Å². The summed E-state index contributed by atoms with van der Waals surface area (Å²) in [6.07, 6.45) is 0. The van der Waals surface area contributed by atoms with E-state index in [2.05, 4.69) is 0 Å². The van der Waals surface area contributed by atoms with Crippen LogP contribution < -0.4 is 0 Å². The molecule has 0 radical (unpaired) electrons. The van der Waals surface area contributed by atoms with Crippen LogP contribution in [0.5, 0.6) is 0 Å². The summed E-state index contributed by atoms with van der Waals surface area (Å²) in [6, 6.07) is 0. The number of ether oxygens (including phenoxy) is 1. The summed E-state index contributed by atoms with van der Waals surface area (Å²) in [5, 5.41) is 7.42. The Labute approximate surface area is 76.6 Å². The van der Waals surface area contributed by atoms with Crippen LogP contribution in [0.15, 0.2) is 0 Å². The number of carboxylic acids is 1. The number of methoxy groups -OCH3 is 1. The number of aliphatic carboxylic acids is 1. The zero-order valence-corrected chi connectivity index (χ0v) is 12.5. The Bertz CT molecular complexity index is 71.3. The molecule has 0 unspecified atom stereocenters. The third-order valence-corrected chi connectivity index (χ3v) is 4.99. The first-order valence-corrected chi connectivity index (χ1v) is 13.5. The fourth-order valence-electron chi connectivity index (χ4n) is 0.199. The van der Waals surface area contributed by atoms with E-state index in [1.807, 2.05) is 0 Å². The van der Waals surface area contributed by atoms with Crippen molar-refractivity contribution in [2.75, 3.05) is 13.7 Å². The molecule has 0 aliphatic heterocycles. The van der Waals surface area contributed by atoms with Gasteiger partial charge >= 0.3 is 54.0 Å². The molecule has 0 bridgehead atoms. The number of halogens is 1. The van der Waals surface area contributed by atoms with Gasteiger partial charge in [-0.3, -0.25) is 4.79 Å². The van der Waals surface area contributed by atoms with Crippen LogP contribution in [0, 0.1) is 0 Å². The standard InChI is InChI=1S/C3H7O.C2H4O2.ClH.Hg/c1-3-4-2;1-2(3)4;;/h1,3H2,2H3;1H3,(H,3,4);1H;/q;;;+1/p-1. The van der Waals surface area contributed by atoms with Gasteiger partial charge in [0.1, 0.15) is 0 Å². The van der Waals surface area contributed by atoms with E-state index in [1.165, 1.54) is 3.93 Å². The summed E-state index contributed by atoms with van der Waals surface area (Å²) in [5.41, 5.74) is 0. The molecule has 0 saturated heterocycles. The molecule has 0 saturated carbocycles. The number of hydrogen-bond donors (Lipinski definition) is 1. The third kappa shape index (κ3) is 38.0. The first-order valence-electron chi connectivity index (χ1n) is 2.89. The van der Waals surface area contributed by atoms with Crippen molar-refractivity contribution in [1.82, 2.24) is 0 Å². The van der Waals surface area contributed by atoms with Crippen LogP contribution in [0.1, 0.15) is 6.92 Å². The van der Waals surface area contributed by atoms with Crippen molar-refractivity contribution in [3.63, 3.8) is 0 Å². The SMILES string of the molecule is CC(=O)O.COC[CH2][Hg][Cl]. The molecule has 0 atom stereocenters. The summed E-state index contributed by atoms with van der Waals surface area (Å²) < 4.78 is 5.93. The van der Waals surface area contributed by atoms with Crippen molar-refractivity contribution in [3.05, 3.63) is 0 Å². The van der Waals surface area contributed by atoms with Crippen molar-refractivity contribution < 1.29 is 38.0 Å². The Morgan fingerprint density at radius 1 is 1.80 bits per heavy atom. The van der Waals surface area contributed by atoms with Crippen molar-refractivity contribution in [3.8, 4) is 0 Å². The van der Waals surface area contributed by atoms with E-state index in [4.69, 9.17) is 22.9 Å². The second kappa shape index (κ2) is 12.3. The summed E-state index contributed by atoms with van der Waals surface area (Å²) in [4.78, 5) is 9.00. The molecule has 0 heterocycles. The van der Waals surface area contributed by atoms with Gasteiger partial charge in [0.05, 0.1) is 0 Å². The topological polar surface area (TPSA) is 46.5 Å². The van der Waals surface area contributed by atoms with Crippen LogP contribution >= 0.6 is 8.25 Å². The van der Waals surface area contributed by atoms with E-state index in [0.29, 0.717) is 0 Å². The minimum absolute atomic E-state index is 0.821. The van der Waals surface area contributed by atoms with Gasteiger partial charge in [0.15, 0.2) is 0 Å². The van der Waals surface area contributed by atoms with Gasteiger partial charge in [0.25, 0.3) is 5.97 Å². The summed E-state index contributed by atoms with van der Waals surface area (Å²) in [6.45, 7) is 1.96. The average molecular weight is 355 g/mol. The minimum atomic E-state index is -0.833. The molecule has 0 aliphatic rings. The van der Waals surface area contributed by atoms with Crippen LogP contribution in [-0.4, -0.2) is 24.8 Å². The number of carboxylic acid groups (broad SMARTS) is 1. The van der Waals surface area contributed by atoms with E-state index in [1.54, 1.807) is 7.11 Å². The molecular formula is C5H11ClHgO3. The van der Waals surface area contributed by atoms with Crippen molar-refractivity contribution in [1.29, 1.82) is 0 Å². The van der Waals surface area contributed by atoms with Gasteiger partial charge in [-0.25, -0.2) is 0 Å². The fraction of sp³-hybridized carbons (Fsp3) is 0.800. The van der Waals surface area contributed by atoms with Gasteiger partial charge in [0.2, 0.25) is 0 Å². The zero-order valence-electron chi connectivity index (χ0n) is 6.26. The second-order valence-electron chi connectivity index (χ2n) is 1.55. The summed E-state index contributed by atoms with van der Waals surface area (Å²) >= 11 is -0.821. The molecule has 10 heavy (non-hydrogen) atoms. The molecule has 1 N–H and O–H groups in total. The Balaban J connectivity index is 0. The van der Waals surface area contributed by atoms with Crippen molar-refractivity contribution in [2.45, 2.75) is 10.9 Å². The first kappa shape index (κ1) is 13.3. The van der Waals surface area contributed by atoms with Crippen LogP contribution in [-0.2, 0) is 32.9 Å². The Morgan fingerprint density at radius 3 is 2.30 bits per heavy atom. The predicted octanol–water partition coefficient (Wildman–Crippen LogP) is 1.38. The third-order valence-electron chi connectivity index (χ3n) is 0.482. The first-order chi connectivity index (χ1) is 4.65. The molecule has 0 aromatic carbocycles. The van der Waals surface area contributed by atoms with Crippen LogP contribution in [0.4, 0.5) is 0 Å². The quantitative estimate of drug-likeness (QED) is 0.615. The molecule has 0 spiro atoms. The Kier molecular flexibility index (Phi) is 16.4. The van der Waals surface area contributed by atoms with E-state index < -0.39 is 29.3 Å². The molecule has 3 nitrogen and oxygen atoms in total. The maximum atomic E-state index is 9.00. The van der Waals surface area contributed by atoms with E-state index in [9.17, 15) is 0 Å².